The molecule has 0 aromatic heterocycles. The topological polar surface area (TPSA) is 93.2 Å². The van der Waals surface area contributed by atoms with Crippen LogP contribution in [0.1, 0.15) is 90.5 Å². The number of ether oxygens (including phenoxy) is 2. The van der Waals surface area contributed by atoms with E-state index in [0.29, 0.717) is 44.3 Å². The quantitative estimate of drug-likeness (QED) is 0.317. The largest absolute Gasteiger partial charge is 0.491 e. The summed E-state index contributed by atoms with van der Waals surface area (Å²) in [6.07, 6.45) is 4.70. The Morgan fingerprint density at radius 3 is 2.27 bits per heavy atom. The normalized spacial score (nSPS) is 19.0. The summed E-state index contributed by atoms with van der Waals surface area (Å²) in [5.74, 6) is 0.648. The van der Waals surface area contributed by atoms with Gasteiger partial charge in [-0.1, -0.05) is 12.1 Å². The lowest BCUT2D eigenvalue weighted by molar-refractivity contribution is -0.135. The number of piperidine rings is 2. The predicted octanol–water partition coefficient (Wildman–Crippen LogP) is 5.72. The van der Waals surface area contributed by atoms with Crippen LogP contribution in [0.3, 0.4) is 0 Å². The van der Waals surface area contributed by atoms with E-state index in [9.17, 15) is 23.6 Å². The smallest absolute Gasteiger partial charge is 0.410 e. The van der Waals surface area contributed by atoms with Crippen molar-refractivity contribution in [1.82, 2.24) is 9.80 Å². The summed E-state index contributed by atoms with van der Waals surface area (Å²) in [6.45, 7) is 8.90. The monoisotopic (exact) mass is 574 g/mol. The van der Waals surface area contributed by atoms with Gasteiger partial charge in [-0.3, -0.25) is 9.59 Å². The molecular formula is C32H47FN2O6. The van der Waals surface area contributed by atoms with Gasteiger partial charge < -0.3 is 24.1 Å². The van der Waals surface area contributed by atoms with E-state index >= 15 is 0 Å². The van der Waals surface area contributed by atoms with Gasteiger partial charge in [-0.05, 0) is 89.3 Å². The van der Waals surface area contributed by atoms with E-state index < -0.39 is 12.3 Å². The molecule has 41 heavy (non-hydrogen) atoms. The summed E-state index contributed by atoms with van der Waals surface area (Å²) in [4.78, 5) is 54.3. The Balaban J connectivity index is 1.48. The van der Waals surface area contributed by atoms with Crippen LogP contribution in [0.25, 0.3) is 0 Å². The highest BCUT2D eigenvalue weighted by Gasteiger charge is 2.31. The molecule has 0 radical (unpaired) electrons. The van der Waals surface area contributed by atoms with Crippen molar-refractivity contribution in [2.75, 3.05) is 39.5 Å². The lowest BCUT2D eigenvalue weighted by Gasteiger charge is -2.35. The van der Waals surface area contributed by atoms with Crippen LogP contribution in [-0.4, -0.2) is 78.4 Å². The molecular weight excluding hydrogens is 527 g/mol. The maximum Gasteiger partial charge on any atom is 0.410 e. The summed E-state index contributed by atoms with van der Waals surface area (Å²) in [5, 5.41) is 0. The third-order valence-electron chi connectivity index (χ3n) is 7.94. The van der Waals surface area contributed by atoms with E-state index in [-0.39, 0.29) is 54.9 Å². The van der Waals surface area contributed by atoms with Crippen molar-refractivity contribution in [3.63, 3.8) is 0 Å². The zero-order chi connectivity index (χ0) is 30.0. The predicted molar refractivity (Wildman–Crippen MR) is 155 cm³/mol. The zero-order valence-electron chi connectivity index (χ0n) is 25.2. The van der Waals surface area contributed by atoms with Crippen molar-refractivity contribution >= 4 is 23.6 Å². The Hall–Kier alpha value is -2.97. The van der Waals surface area contributed by atoms with Gasteiger partial charge >= 0.3 is 6.09 Å². The van der Waals surface area contributed by atoms with Crippen molar-refractivity contribution < 1.29 is 33.0 Å². The number of rotatable bonds is 12. The molecule has 0 bridgehead atoms. The number of benzene rings is 1. The minimum absolute atomic E-state index is 0.0120. The molecule has 2 saturated heterocycles. The van der Waals surface area contributed by atoms with Crippen molar-refractivity contribution in [3.05, 3.63) is 29.8 Å². The molecule has 0 N–H and O–H groups in total. The van der Waals surface area contributed by atoms with Crippen LogP contribution in [0, 0.1) is 11.8 Å². The Kier molecular flexibility index (Phi) is 12.2. The number of hydrogen-bond donors (Lipinski definition) is 0. The number of amides is 2. The Labute approximate surface area is 243 Å². The highest BCUT2D eigenvalue weighted by atomic mass is 19.1. The molecule has 228 valence electrons. The van der Waals surface area contributed by atoms with Gasteiger partial charge in [-0.15, -0.1) is 0 Å². The van der Waals surface area contributed by atoms with Gasteiger partial charge in [0.05, 0.1) is 0 Å². The Morgan fingerprint density at radius 1 is 0.976 bits per heavy atom. The fourth-order valence-corrected chi connectivity index (χ4v) is 5.74. The molecule has 2 heterocycles. The van der Waals surface area contributed by atoms with Crippen molar-refractivity contribution in [2.45, 2.75) is 90.6 Å². The Bertz CT molecular complexity index is 1030. The van der Waals surface area contributed by atoms with E-state index in [4.69, 9.17) is 9.47 Å². The Morgan fingerprint density at radius 2 is 1.66 bits per heavy atom. The summed E-state index contributed by atoms with van der Waals surface area (Å²) in [7, 11) is 0. The number of ketones is 2. The number of carbonyl (C=O) groups is 4. The second kappa shape index (κ2) is 15.3. The molecule has 3 rings (SSSR count). The van der Waals surface area contributed by atoms with Gasteiger partial charge in [0.15, 0.2) is 0 Å². The number of alkyl halides is 1. The maximum atomic E-state index is 13.4. The van der Waals surface area contributed by atoms with Gasteiger partial charge in [0.2, 0.25) is 5.91 Å². The number of nitrogens with zero attached hydrogens (tertiary/aromatic N) is 2. The van der Waals surface area contributed by atoms with E-state index in [1.54, 1.807) is 17.0 Å². The highest BCUT2D eigenvalue weighted by Crippen LogP contribution is 2.30. The van der Waals surface area contributed by atoms with E-state index in [0.717, 1.165) is 37.7 Å². The number of Topliss-reactive ketones (excluding diaryl/α,β-unsaturated/α-hetero) is 2. The molecule has 1 unspecified atom stereocenters. The minimum atomic E-state index is -0.570. The fraction of sp³-hybridized carbons (Fsp3) is 0.688. The highest BCUT2D eigenvalue weighted by molar-refractivity contribution is 5.85. The molecule has 8 nitrogen and oxygen atoms in total. The first kappa shape index (κ1) is 32.5. The van der Waals surface area contributed by atoms with E-state index in [1.807, 2.05) is 37.8 Å². The number of hydrogen-bond acceptors (Lipinski definition) is 6. The van der Waals surface area contributed by atoms with Crippen molar-refractivity contribution in [2.24, 2.45) is 11.8 Å². The SMILES string of the molecule is CC(=O)CC(CC(=O)[C@@H]1CCCN(C(=O)CCC2CCN(C(=O)OC(C)(C)C)CC2)C1)c1ccc(OCCF)cc1. The number of carbonyl (C=O) groups excluding carboxylic acids is 4. The summed E-state index contributed by atoms with van der Waals surface area (Å²) in [5.41, 5.74) is 0.364. The lowest BCUT2D eigenvalue weighted by Crippen LogP contribution is -2.43. The first-order valence-electron chi connectivity index (χ1n) is 15.0. The molecule has 0 saturated carbocycles. The molecule has 9 heteroatoms. The number of likely N-dealkylation sites (tertiary alicyclic amines) is 2. The van der Waals surface area contributed by atoms with Crippen molar-refractivity contribution in [3.8, 4) is 5.75 Å². The van der Waals surface area contributed by atoms with Crippen LogP contribution in [0.15, 0.2) is 24.3 Å². The van der Waals surface area contributed by atoms with Crippen molar-refractivity contribution in [1.29, 1.82) is 0 Å². The van der Waals surface area contributed by atoms with Crippen LogP contribution in [0.4, 0.5) is 9.18 Å². The zero-order valence-corrected chi connectivity index (χ0v) is 25.2. The lowest BCUT2D eigenvalue weighted by atomic mass is 9.83. The molecule has 0 spiro atoms. The average Bonchev–Trinajstić information content (AvgIpc) is 2.94. The van der Waals surface area contributed by atoms with Crippen LogP contribution < -0.4 is 4.74 Å². The summed E-state index contributed by atoms with van der Waals surface area (Å²) < 4.78 is 23.2. The molecule has 2 aliphatic rings. The summed E-state index contributed by atoms with van der Waals surface area (Å²) in [6, 6.07) is 7.16. The maximum absolute atomic E-state index is 13.4. The third-order valence-corrected chi connectivity index (χ3v) is 7.94. The number of halogens is 1. The third kappa shape index (κ3) is 10.7. The molecule has 2 atom stereocenters. The van der Waals surface area contributed by atoms with Crippen LogP contribution >= 0.6 is 0 Å². The van der Waals surface area contributed by atoms with E-state index in [2.05, 4.69) is 0 Å². The molecule has 1 aromatic rings. The van der Waals surface area contributed by atoms with Crippen LogP contribution in [0.2, 0.25) is 0 Å². The fourth-order valence-electron chi connectivity index (χ4n) is 5.74. The van der Waals surface area contributed by atoms with Gasteiger partial charge in [0.1, 0.15) is 36.2 Å². The molecule has 2 amide bonds. The van der Waals surface area contributed by atoms with Gasteiger partial charge in [-0.25, -0.2) is 9.18 Å². The van der Waals surface area contributed by atoms with Gasteiger partial charge in [0, 0.05) is 51.4 Å². The van der Waals surface area contributed by atoms with E-state index in [1.165, 1.54) is 6.92 Å². The first-order chi connectivity index (χ1) is 19.4. The standard InChI is InChI=1S/C32H47FN2O6/c1-23(36)20-27(25-8-10-28(11-9-25)40-19-15-33)21-29(37)26-6-5-16-35(22-26)30(38)12-7-24-13-17-34(18-14-24)31(39)41-32(2,3)4/h8-11,24,26-27H,5-7,12-22H2,1-4H3/t26-,27?/m1/s1. The molecule has 2 aliphatic heterocycles. The molecule has 2 fully saturated rings. The molecule has 0 aliphatic carbocycles. The second-order valence-electron chi connectivity index (χ2n) is 12.5. The average molecular weight is 575 g/mol. The van der Waals surface area contributed by atoms with Crippen LogP contribution in [0.5, 0.6) is 5.75 Å². The van der Waals surface area contributed by atoms with Crippen LogP contribution in [-0.2, 0) is 19.1 Å². The summed E-state index contributed by atoms with van der Waals surface area (Å²) >= 11 is 0. The molecule has 1 aromatic carbocycles. The van der Waals surface area contributed by atoms with Gasteiger partial charge in [0.25, 0.3) is 0 Å². The first-order valence-corrected chi connectivity index (χ1v) is 15.0. The minimum Gasteiger partial charge on any atom is -0.491 e. The second-order valence-corrected chi connectivity index (χ2v) is 12.5. The van der Waals surface area contributed by atoms with Gasteiger partial charge in [-0.2, -0.15) is 0 Å².